The van der Waals surface area contributed by atoms with E-state index in [1.165, 1.54) is 11.3 Å². The largest absolute Gasteiger partial charge is 0.497 e. The summed E-state index contributed by atoms with van der Waals surface area (Å²) in [5, 5.41) is 7.63. The van der Waals surface area contributed by atoms with Gasteiger partial charge in [0.1, 0.15) is 11.5 Å². The lowest BCUT2D eigenvalue weighted by Crippen LogP contribution is -2.26. The van der Waals surface area contributed by atoms with E-state index in [4.69, 9.17) is 9.47 Å². The second-order valence-electron chi connectivity index (χ2n) is 7.50. The van der Waals surface area contributed by atoms with E-state index in [0.717, 1.165) is 29.3 Å². The van der Waals surface area contributed by atoms with Gasteiger partial charge in [-0.25, -0.2) is 0 Å². The molecule has 0 bridgehead atoms. The molecule has 0 fully saturated rings. The number of rotatable bonds is 10. The molecule has 1 heterocycles. The minimum Gasteiger partial charge on any atom is -0.497 e. The maximum atomic E-state index is 12.3. The molecule has 1 aromatic heterocycles. The van der Waals surface area contributed by atoms with E-state index in [0.29, 0.717) is 31.7 Å². The van der Waals surface area contributed by atoms with Crippen LogP contribution < -0.4 is 14.8 Å². The van der Waals surface area contributed by atoms with Crippen LogP contribution in [0.3, 0.4) is 0 Å². The van der Waals surface area contributed by atoms with Crippen LogP contribution in [0, 0.1) is 19.8 Å². The fourth-order valence-electron chi connectivity index (χ4n) is 3.36. The first-order chi connectivity index (χ1) is 13.3. The second-order valence-corrected chi connectivity index (χ2v) is 7.50. The summed E-state index contributed by atoms with van der Waals surface area (Å²) in [5.41, 5.74) is 4.39. The zero-order chi connectivity index (χ0) is 20.7. The summed E-state index contributed by atoms with van der Waals surface area (Å²) in [7, 11) is 3.29. The number of benzene rings is 1. The number of methoxy groups -OCH3 is 2. The molecular weight excluding hydrogens is 354 g/mol. The highest BCUT2D eigenvalue weighted by atomic mass is 16.5. The van der Waals surface area contributed by atoms with Gasteiger partial charge in [0.25, 0.3) is 0 Å². The summed E-state index contributed by atoms with van der Waals surface area (Å²) < 4.78 is 12.7. The van der Waals surface area contributed by atoms with Gasteiger partial charge in [0, 0.05) is 25.2 Å². The smallest absolute Gasteiger partial charge is 0.220 e. The van der Waals surface area contributed by atoms with Crippen LogP contribution in [0.25, 0.3) is 0 Å². The summed E-state index contributed by atoms with van der Waals surface area (Å²) in [4.78, 5) is 12.3. The van der Waals surface area contributed by atoms with Crippen LogP contribution in [0.2, 0.25) is 0 Å². The Morgan fingerprint density at radius 2 is 1.93 bits per heavy atom. The van der Waals surface area contributed by atoms with Crippen molar-refractivity contribution in [2.24, 2.45) is 5.92 Å². The number of nitrogens with one attached hydrogen (secondary N) is 1. The molecule has 0 radical (unpaired) electrons. The van der Waals surface area contributed by atoms with Gasteiger partial charge in [-0.2, -0.15) is 5.10 Å². The third-order valence-corrected chi connectivity index (χ3v) is 4.88. The molecule has 1 aromatic carbocycles. The van der Waals surface area contributed by atoms with Crippen LogP contribution in [-0.2, 0) is 24.2 Å². The Labute approximate surface area is 168 Å². The van der Waals surface area contributed by atoms with Crippen LogP contribution in [-0.4, -0.2) is 36.5 Å². The topological polar surface area (TPSA) is 65.4 Å². The van der Waals surface area contributed by atoms with Gasteiger partial charge in [0.05, 0.1) is 19.9 Å². The summed E-state index contributed by atoms with van der Waals surface area (Å²) in [6.07, 6.45) is 1.87. The number of amides is 1. The van der Waals surface area contributed by atoms with Gasteiger partial charge in [-0.1, -0.05) is 13.8 Å². The maximum Gasteiger partial charge on any atom is 0.220 e. The predicted molar refractivity (Wildman–Crippen MR) is 111 cm³/mol. The minimum absolute atomic E-state index is 0.0530. The van der Waals surface area contributed by atoms with Gasteiger partial charge in [-0.15, -0.1) is 0 Å². The van der Waals surface area contributed by atoms with Gasteiger partial charge < -0.3 is 14.8 Å². The zero-order valence-electron chi connectivity index (χ0n) is 18.0. The lowest BCUT2D eigenvalue weighted by molar-refractivity contribution is -0.121. The van der Waals surface area contributed by atoms with Gasteiger partial charge in [0.2, 0.25) is 5.91 Å². The third kappa shape index (κ3) is 5.75. The van der Waals surface area contributed by atoms with Crippen molar-refractivity contribution in [3.8, 4) is 11.5 Å². The van der Waals surface area contributed by atoms with Crippen LogP contribution in [0.15, 0.2) is 18.2 Å². The molecular formula is C22H33N3O3. The molecule has 0 aliphatic heterocycles. The molecule has 0 unspecified atom stereocenters. The number of aromatic nitrogens is 2. The lowest BCUT2D eigenvalue weighted by Gasteiger charge is -2.11. The molecule has 0 aliphatic carbocycles. The van der Waals surface area contributed by atoms with Crippen molar-refractivity contribution >= 4 is 5.91 Å². The Bertz CT molecular complexity index is 797. The molecule has 6 heteroatoms. The molecule has 1 amide bonds. The quantitative estimate of drug-likeness (QED) is 0.678. The highest BCUT2D eigenvalue weighted by Gasteiger charge is 2.14. The van der Waals surface area contributed by atoms with Crippen molar-refractivity contribution < 1.29 is 14.3 Å². The molecule has 0 spiro atoms. The van der Waals surface area contributed by atoms with E-state index < -0.39 is 0 Å². The standard InChI is InChI=1S/C22H33N3O3/c1-15(2)14-25-17(4)20(16(3)24-25)8-10-22(26)23-12-11-18-13-19(27-5)7-9-21(18)28-6/h7,9,13,15H,8,10-12,14H2,1-6H3,(H,23,26). The van der Waals surface area contributed by atoms with Crippen LogP contribution in [0.1, 0.15) is 42.8 Å². The van der Waals surface area contributed by atoms with Crippen molar-refractivity contribution in [3.63, 3.8) is 0 Å². The van der Waals surface area contributed by atoms with Gasteiger partial charge in [-0.05, 0) is 61.9 Å². The normalized spacial score (nSPS) is 11.0. The van der Waals surface area contributed by atoms with E-state index in [1.54, 1.807) is 14.2 Å². The average Bonchev–Trinajstić information content (AvgIpc) is 2.92. The molecule has 0 atom stereocenters. The molecule has 28 heavy (non-hydrogen) atoms. The number of ether oxygens (including phenoxy) is 2. The molecule has 1 N–H and O–H groups in total. The van der Waals surface area contributed by atoms with E-state index in [2.05, 4.69) is 35.9 Å². The number of hydrogen-bond acceptors (Lipinski definition) is 4. The summed E-state index contributed by atoms with van der Waals surface area (Å²) in [6, 6.07) is 5.70. The monoisotopic (exact) mass is 387 g/mol. The first-order valence-electron chi connectivity index (χ1n) is 9.86. The van der Waals surface area contributed by atoms with Crippen molar-refractivity contribution in [2.75, 3.05) is 20.8 Å². The molecule has 0 saturated heterocycles. The first-order valence-corrected chi connectivity index (χ1v) is 9.86. The van der Waals surface area contributed by atoms with Gasteiger partial charge in [0.15, 0.2) is 0 Å². The Kier molecular flexibility index (Phi) is 7.91. The number of hydrogen-bond donors (Lipinski definition) is 1. The van der Waals surface area contributed by atoms with E-state index in [1.807, 2.05) is 25.1 Å². The first kappa shape index (κ1) is 21.8. The Hall–Kier alpha value is -2.50. The molecule has 0 saturated carbocycles. The van der Waals surface area contributed by atoms with Gasteiger partial charge in [-0.3, -0.25) is 9.48 Å². The molecule has 154 valence electrons. The van der Waals surface area contributed by atoms with Crippen molar-refractivity contribution in [2.45, 2.75) is 53.5 Å². The summed E-state index contributed by atoms with van der Waals surface area (Å²) in [5.74, 6) is 2.19. The number of aryl methyl sites for hydroxylation is 1. The Morgan fingerprint density at radius 3 is 2.57 bits per heavy atom. The van der Waals surface area contributed by atoms with Crippen LogP contribution >= 0.6 is 0 Å². The lowest BCUT2D eigenvalue weighted by atomic mass is 10.1. The van der Waals surface area contributed by atoms with Crippen LogP contribution in [0.5, 0.6) is 11.5 Å². The van der Waals surface area contributed by atoms with Crippen molar-refractivity contribution in [1.29, 1.82) is 0 Å². The highest BCUT2D eigenvalue weighted by molar-refractivity contribution is 5.76. The summed E-state index contributed by atoms with van der Waals surface area (Å²) >= 11 is 0. The average molecular weight is 388 g/mol. The zero-order valence-corrected chi connectivity index (χ0v) is 18.0. The summed E-state index contributed by atoms with van der Waals surface area (Å²) in [6.45, 7) is 9.94. The fourth-order valence-corrected chi connectivity index (χ4v) is 3.36. The highest BCUT2D eigenvalue weighted by Crippen LogP contribution is 2.24. The Balaban J connectivity index is 1.86. The van der Waals surface area contributed by atoms with Crippen molar-refractivity contribution in [3.05, 3.63) is 40.7 Å². The number of carbonyl (C=O) groups excluding carboxylic acids is 1. The third-order valence-electron chi connectivity index (χ3n) is 4.88. The SMILES string of the molecule is COc1ccc(OC)c(CCNC(=O)CCc2c(C)nn(CC(C)C)c2C)c1. The molecule has 2 rings (SSSR count). The number of nitrogens with zero attached hydrogens (tertiary/aromatic N) is 2. The van der Waals surface area contributed by atoms with Gasteiger partial charge >= 0.3 is 0 Å². The van der Waals surface area contributed by atoms with Crippen molar-refractivity contribution in [1.82, 2.24) is 15.1 Å². The Morgan fingerprint density at radius 1 is 1.18 bits per heavy atom. The fraction of sp³-hybridized carbons (Fsp3) is 0.545. The predicted octanol–water partition coefficient (Wildman–Crippen LogP) is 3.46. The second kappa shape index (κ2) is 10.2. The maximum absolute atomic E-state index is 12.3. The van der Waals surface area contributed by atoms with Crippen LogP contribution in [0.4, 0.5) is 0 Å². The van der Waals surface area contributed by atoms with E-state index in [9.17, 15) is 4.79 Å². The molecule has 6 nitrogen and oxygen atoms in total. The number of carbonyl (C=O) groups is 1. The molecule has 0 aliphatic rings. The minimum atomic E-state index is 0.0530. The van der Waals surface area contributed by atoms with E-state index >= 15 is 0 Å². The van der Waals surface area contributed by atoms with E-state index in [-0.39, 0.29) is 5.91 Å². The molecule has 2 aromatic rings.